The van der Waals surface area contributed by atoms with Gasteiger partial charge in [0.25, 0.3) is 0 Å². The zero-order valence-electron chi connectivity index (χ0n) is 19.2. The highest BCUT2D eigenvalue weighted by Crippen LogP contribution is 2.25. The van der Waals surface area contributed by atoms with Gasteiger partial charge in [-0.3, -0.25) is 0 Å². The van der Waals surface area contributed by atoms with E-state index in [9.17, 15) is 23.1 Å². The maximum Gasteiger partial charge on any atom is 0.337 e. The number of rotatable bonds is 7. The molecule has 0 fully saturated rings. The van der Waals surface area contributed by atoms with Crippen LogP contribution in [0.4, 0.5) is 10.5 Å². The molecule has 4 rings (SSSR count). The van der Waals surface area contributed by atoms with Crippen LogP contribution in [0.25, 0.3) is 0 Å². The topological polar surface area (TPSA) is 125 Å². The molecule has 8 nitrogen and oxygen atoms in total. The number of urea groups is 1. The van der Waals surface area contributed by atoms with E-state index in [4.69, 9.17) is 0 Å². The average molecular weight is 494 g/mol. The van der Waals surface area contributed by atoms with Crippen molar-refractivity contribution in [2.75, 3.05) is 11.9 Å². The van der Waals surface area contributed by atoms with Gasteiger partial charge in [0.15, 0.2) is 9.84 Å². The summed E-state index contributed by atoms with van der Waals surface area (Å²) < 4.78 is 26.2. The van der Waals surface area contributed by atoms with Gasteiger partial charge < -0.3 is 21.1 Å². The molecule has 0 spiro atoms. The molecule has 9 heteroatoms. The molecule has 0 saturated heterocycles. The van der Waals surface area contributed by atoms with Gasteiger partial charge in [0.2, 0.25) is 0 Å². The third-order valence-corrected chi connectivity index (χ3v) is 7.68. The van der Waals surface area contributed by atoms with Gasteiger partial charge >= 0.3 is 12.0 Å². The van der Waals surface area contributed by atoms with Crippen LogP contribution in [0, 0.1) is 0 Å². The predicted octanol–water partition coefficient (Wildman–Crippen LogP) is 3.89. The third-order valence-electron chi connectivity index (χ3n) is 5.99. The zero-order valence-corrected chi connectivity index (χ0v) is 20.1. The molecule has 182 valence electrons. The first-order chi connectivity index (χ1) is 16.7. The Balaban J connectivity index is 1.51. The maximum absolute atomic E-state index is 13.1. The first-order valence-electron chi connectivity index (χ1n) is 11.3. The van der Waals surface area contributed by atoms with E-state index in [1.165, 1.54) is 12.1 Å². The van der Waals surface area contributed by atoms with Crippen molar-refractivity contribution in [3.05, 3.63) is 94.5 Å². The number of hydrogen-bond acceptors (Lipinski definition) is 5. The van der Waals surface area contributed by atoms with Crippen molar-refractivity contribution in [2.24, 2.45) is 0 Å². The van der Waals surface area contributed by atoms with Crippen molar-refractivity contribution in [3.63, 3.8) is 0 Å². The summed E-state index contributed by atoms with van der Waals surface area (Å²) in [7, 11) is -3.80. The SMILES string of the molecule is CC(NC(=O)Nc1ccc(S(=O)(=O)Cc2ccc3c(c2)CCNC3)cc1C(=O)O)c1ccccc1. The largest absolute Gasteiger partial charge is 0.478 e. The molecule has 0 saturated carbocycles. The van der Waals surface area contributed by atoms with Gasteiger partial charge in [-0.15, -0.1) is 0 Å². The first-order valence-corrected chi connectivity index (χ1v) is 12.9. The van der Waals surface area contributed by atoms with E-state index in [1.54, 1.807) is 13.0 Å². The van der Waals surface area contributed by atoms with Crippen molar-refractivity contribution in [1.29, 1.82) is 0 Å². The highest BCUT2D eigenvalue weighted by molar-refractivity contribution is 7.90. The van der Waals surface area contributed by atoms with Crippen LogP contribution in [0.15, 0.2) is 71.6 Å². The van der Waals surface area contributed by atoms with E-state index >= 15 is 0 Å². The van der Waals surface area contributed by atoms with Crippen LogP contribution < -0.4 is 16.0 Å². The van der Waals surface area contributed by atoms with E-state index in [1.807, 2.05) is 42.5 Å². The number of nitrogens with one attached hydrogen (secondary N) is 3. The lowest BCUT2D eigenvalue weighted by molar-refractivity contribution is 0.0697. The number of carboxylic acid groups (broad SMARTS) is 1. The molecule has 0 radical (unpaired) electrons. The van der Waals surface area contributed by atoms with Crippen molar-refractivity contribution < 1.29 is 23.1 Å². The van der Waals surface area contributed by atoms with Crippen LogP contribution in [-0.4, -0.2) is 32.1 Å². The number of amides is 2. The number of carboxylic acids is 1. The smallest absolute Gasteiger partial charge is 0.337 e. The summed E-state index contributed by atoms with van der Waals surface area (Å²) in [5.41, 5.74) is 3.53. The number of sulfone groups is 1. The molecule has 1 heterocycles. The van der Waals surface area contributed by atoms with Gasteiger partial charge in [0.1, 0.15) is 0 Å². The number of carbonyl (C=O) groups excluding carboxylic acids is 1. The Bertz CT molecular complexity index is 1360. The van der Waals surface area contributed by atoms with Crippen LogP contribution in [-0.2, 0) is 28.6 Å². The van der Waals surface area contributed by atoms with E-state index < -0.39 is 21.8 Å². The van der Waals surface area contributed by atoms with Crippen molar-refractivity contribution in [1.82, 2.24) is 10.6 Å². The maximum atomic E-state index is 13.1. The average Bonchev–Trinajstić information content (AvgIpc) is 2.84. The van der Waals surface area contributed by atoms with Gasteiger partial charge in [-0.05, 0) is 60.3 Å². The van der Waals surface area contributed by atoms with Crippen molar-refractivity contribution >= 4 is 27.5 Å². The number of carbonyl (C=O) groups is 2. The zero-order chi connectivity index (χ0) is 25.0. The molecule has 0 aliphatic carbocycles. The second kappa shape index (κ2) is 10.3. The van der Waals surface area contributed by atoms with Gasteiger partial charge in [-0.25, -0.2) is 18.0 Å². The summed E-state index contributed by atoms with van der Waals surface area (Å²) in [5, 5.41) is 18.2. The lowest BCUT2D eigenvalue weighted by Gasteiger charge is -2.18. The van der Waals surface area contributed by atoms with Crippen LogP contribution >= 0.6 is 0 Å². The fraction of sp³-hybridized carbons (Fsp3) is 0.231. The van der Waals surface area contributed by atoms with E-state index in [-0.39, 0.29) is 27.9 Å². The van der Waals surface area contributed by atoms with Gasteiger partial charge in [-0.2, -0.15) is 0 Å². The summed E-state index contributed by atoms with van der Waals surface area (Å²) in [5.74, 6) is -1.58. The summed E-state index contributed by atoms with van der Waals surface area (Å²) in [6, 6.07) is 17.8. The van der Waals surface area contributed by atoms with E-state index in [2.05, 4.69) is 16.0 Å². The Labute approximate surface area is 204 Å². The number of benzene rings is 3. The van der Waals surface area contributed by atoms with Crippen LogP contribution in [0.5, 0.6) is 0 Å². The molecule has 1 unspecified atom stereocenters. The standard InChI is InChI=1S/C26H27N3O5S/c1-17(19-5-3-2-4-6-19)28-26(32)29-24-10-9-22(14-23(24)25(30)31)35(33,34)16-18-7-8-21-15-27-12-11-20(21)13-18/h2-10,13-14,17,27H,11-12,15-16H2,1H3,(H,30,31)(H2,28,29,32). The molecule has 3 aromatic carbocycles. The van der Waals surface area contributed by atoms with Crippen molar-refractivity contribution in [2.45, 2.75) is 36.6 Å². The van der Waals surface area contributed by atoms with Crippen LogP contribution in [0.2, 0.25) is 0 Å². The number of anilines is 1. The Morgan fingerprint density at radius 2 is 1.80 bits per heavy atom. The lowest BCUT2D eigenvalue weighted by Crippen LogP contribution is -2.31. The number of aromatic carboxylic acids is 1. The summed E-state index contributed by atoms with van der Waals surface area (Å²) >= 11 is 0. The molecule has 3 aromatic rings. The fourth-order valence-corrected chi connectivity index (χ4v) is 5.46. The summed E-state index contributed by atoms with van der Waals surface area (Å²) in [4.78, 5) is 24.2. The number of fused-ring (bicyclic) bond motifs is 1. The van der Waals surface area contributed by atoms with Gasteiger partial charge in [-0.1, -0.05) is 48.5 Å². The van der Waals surface area contributed by atoms with Crippen molar-refractivity contribution in [3.8, 4) is 0 Å². The molecule has 35 heavy (non-hydrogen) atoms. The Hall–Kier alpha value is -3.69. The molecule has 1 aliphatic heterocycles. The quantitative estimate of drug-likeness (QED) is 0.396. The van der Waals surface area contributed by atoms with E-state index in [0.29, 0.717) is 5.56 Å². The normalized spacial score (nSPS) is 14.0. The minimum atomic E-state index is -3.80. The lowest BCUT2D eigenvalue weighted by atomic mass is 9.99. The molecule has 4 N–H and O–H groups in total. The minimum Gasteiger partial charge on any atom is -0.478 e. The molecule has 0 bridgehead atoms. The van der Waals surface area contributed by atoms with Gasteiger partial charge in [0, 0.05) is 6.54 Å². The highest BCUT2D eigenvalue weighted by atomic mass is 32.2. The molecule has 1 aliphatic rings. The second-order valence-electron chi connectivity index (χ2n) is 8.53. The Morgan fingerprint density at radius 3 is 2.54 bits per heavy atom. The highest BCUT2D eigenvalue weighted by Gasteiger charge is 2.22. The first kappa shape index (κ1) is 24.4. The molecule has 1 atom stereocenters. The third kappa shape index (κ3) is 5.87. The van der Waals surface area contributed by atoms with Crippen LogP contribution in [0.1, 0.15) is 45.6 Å². The summed E-state index contributed by atoms with van der Waals surface area (Å²) in [6.45, 7) is 3.41. The number of hydrogen-bond donors (Lipinski definition) is 4. The second-order valence-corrected chi connectivity index (χ2v) is 10.5. The molecular weight excluding hydrogens is 466 g/mol. The Kier molecular flexibility index (Phi) is 7.18. The van der Waals surface area contributed by atoms with Crippen LogP contribution in [0.3, 0.4) is 0 Å². The predicted molar refractivity (Wildman–Crippen MR) is 133 cm³/mol. The van der Waals surface area contributed by atoms with E-state index in [0.717, 1.165) is 42.3 Å². The van der Waals surface area contributed by atoms with Gasteiger partial charge in [0.05, 0.1) is 27.9 Å². The monoisotopic (exact) mass is 493 g/mol. The fourth-order valence-electron chi connectivity index (χ4n) is 4.11. The molecule has 2 amide bonds. The molecular formula is C26H27N3O5S. The Morgan fingerprint density at radius 1 is 1.03 bits per heavy atom. The minimum absolute atomic E-state index is 0.00972. The molecule has 0 aromatic heterocycles. The summed E-state index contributed by atoms with van der Waals surface area (Å²) in [6.07, 6.45) is 0.831.